The van der Waals surface area contributed by atoms with Gasteiger partial charge >= 0.3 is 5.97 Å². The molecule has 4 rings (SSSR count). The van der Waals surface area contributed by atoms with Gasteiger partial charge in [0.2, 0.25) is 11.8 Å². The molecule has 3 aliphatic rings. The molecule has 0 saturated carbocycles. The lowest BCUT2D eigenvalue weighted by molar-refractivity contribution is -0.146. The number of carbonyl (C=O) groups is 5. The molecule has 2 N–H and O–H groups in total. The van der Waals surface area contributed by atoms with Gasteiger partial charge in [-0.2, -0.15) is 0 Å². The lowest BCUT2D eigenvalue weighted by Gasteiger charge is -2.30. The first-order chi connectivity index (χ1) is 14.8. The third-order valence-electron chi connectivity index (χ3n) is 6.09. The maximum atomic E-state index is 12.8. The minimum absolute atomic E-state index is 0.162. The molecule has 0 aliphatic carbocycles. The minimum Gasteiger partial charge on any atom is -0.483 e. The number of benzene rings is 1. The van der Waals surface area contributed by atoms with Crippen molar-refractivity contribution in [3.05, 3.63) is 29.3 Å². The van der Waals surface area contributed by atoms with Gasteiger partial charge in [0.25, 0.3) is 11.8 Å². The molecule has 4 amide bonds. The highest BCUT2D eigenvalue weighted by molar-refractivity contribution is 6.05. The number of likely N-dealkylation sites (tertiary alicyclic amines) is 1. The second-order valence-corrected chi connectivity index (χ2v) is 7.96. The van der Waals surface area contributed by atoms with E-state index in [1.54, 1.807) is 23.1 Å². The standard InChI is InChI=1S/C21H23N3O7/c25-17-5-4-15(19(27)22-17)24-10-14-13(20(24)28)2-1-3-16(14)31-11-18(26)23-8-6-12(7-9-23)21(29)30/h1-3,12,15H,4-11H2,(H,29,30)(H,22,25,27). The second-order valence-electron chi connectivity index (χ2n) is 7.96. The largest absolute Gasteiger partial charge is 0.483 e. The molecule has 1 aromatic carbocycles. The van der Waals surface area contributed by atoms with Crippen molar-refractivity contribution in [2.75, 3.05) is 19.7 Å². The lowest BCUT2D eigenvalue weighted by Crippen LogP contribution is -2.52. The summed E-state index contributed by atoms with van der Waals surface area (Å²) in [4.78, 5) is 63.0. The number of rotatable bonds is 5. The normalized spacial score (nSPS) is 21.7. The van der Waals surface area contributed by atoms with E-state index in [4.69, 9.17) is 9.84 Å². The molecule has 10 nitrogen and oxygen atoms in total. The highest BCUT2D eigenvalue weighted by Crippen LogP contribution is 2.33. The summed E-state index contributed by atoms with van der Waals surface area (Å²) in [6, 6.07) is 4.25. The van der Waals surface area contributed by atoms with E-state index in [1.807, 2.05) is 0 Å². The number of nitrogens with zero attached hydrogens (tertiary/aromatic N) is 2. The van der Waals surface area contributed by atoms with Crippen molar-refractivity contribution in [3.8, 4) is 5.75 Å². The van der Waals surface area contributed by atoms with E-state index in [-0.39, 0.29) is 43.7 Å². The SMILES string of the molecule is O=C1CCC(N2Cc3c(OCC(=O)N4CCC(C(=O)O)CC4)cccc3C2=O)C(=O)N1. The smallest absolute Gasteiger partial charge is 0.306 e. The fourth-order valence-electron chi connectivity index (χ4n) is 4.30. The Balaban J connectivity index is 1.40. The van der Waals surface area contributed by atoms with Gasteiger partial charge in [0.15, 0.2) is 6.61 Å². The van der Waals surface area contributed by atoms with Crippen LogP contribution in [0.3, 0.4) is 0 Å². The summed E-state index contributed by atoms with van der Waals surface area (Å²) in [6.07, 6.45) is 1.27. The molecule has 0 aromatic heterocycles. The first-order valence-electron chi connectivity index (χ1n) is 10.2. The zero-order valence-corrected chi connectivity index (χ0v) is 16.8. The minimum atomic E-state index is -0.839. The average Bonchev–Trinajstić information content (AvgIpc) is 3.09. The van der Waals surface area contributed by atoms with Crippen LogP contribution in [-0.2, 0) is 25.7 Å². The number of amides is 4. The molecule has 164 valence electrons. The van der Waals surface area contributed by atoms with Crippen molar-refractivity contribution in [2.24, 2.45) is 5.92 Å². The topological polar surface area (TPSA) is 133 Å². The molecule has 3 heterocycles. The van der Waals surface area contributed by atoms with E-state index in [0.717, 1.165) is 0 Å². The number of imide groups is 1. The number of carbonyl (C=O) groups excluding carboxylic acids is 4. The van der Waals surface area contributed by atoms with Crippen LogP contribution in [0.25, 0.3) is 0 Å². The Bertz CT molecular complexity index is 952. The molecule has 3 aliphatic heterocycles. The zero-order chi connectivity index (χ0) is 22.1. The molecular formula is C21H23N3O7. The molecule has 0 spiro atoms. The summed E-state index contributed by atoms with van der Waals surface area (Å²) < 4.78 is 5.72. The molecule has 2 fully saturated rings. The van der Waals surface area contributed by atoms with E-state index < -0.39 is 23.8 Å². The molecule has 0 bridgehead atoms. The molecule has 2 saturated heterocycles. The summed E-state index contributed by atoms with van der Waals surface area (Å²) >= 11 is 0. The molecule has 1 unspecified atom stereocenters. The van der Waals surface area contributed by atoms with Crippen molar-refractivity contribution < 1.29 is 33.8 Å². The number of ether oxygens (including phenoxy) is 1. The third kappa shape index (κ3) is 4.10. The Morgan fingerprint density at radius 3 is 2.55 bits per heavy atom. The van der Waals surface area contributed by atoms with E-state index >= 15 is 0 Å². The van der Waals surface area contributed by atoms with Crippen LogP contribution in [0.4, 0.5) is 0 Å². The van der Waals surface area contributed by atoms with Gasteiger partial charge in [0, 0.05) is 30.6 Å². The van der Waals surface area contributed by atoms with Crippen LogP contribution in [-0.4, -0.2) is 70.2 Å². The van der Waals surface area contributed by atoms with Gasteiger partial charge in [-0.25, -0.2) is 0 Å². The average molecular weight is 429 g/mol. The van der Waals surface area contributed by atoms with Crippen LogP contribution in [0, 0.1) is 5.92 Å². The van der Waals surface area contributed by atoms with Crippen molar-refractivity contribution in [1.29, 1.82) is 0 Å². The molecule has 10 heteroatoms. The van der Waals surface area contributed by atoms with Crippen LogP contribution >= 0.6 is 0 Å². The predicted molar refractivity (Wildman–Crippen MR) is 105 cm³/mol. The summed E-state index contributed by atoms with van der Waals surface area (Å²) in [6.45, 7) is 0.678. The van der Waals surface area contributed by atoms with E-state index in [9.17, 15) is 24.0 Å². The molecule has 0 radical (unpaired) electrons. The number of aliphatic carboxylic acids is 1. The van der Waals surface area contributed by atoms with Crippen LogP contribution in [0.15, 0.2) is 18.2 Å². The van der Waals surface area contributed by atoms with Crippen molar-refractivity contribution in [2.45, 2.75) is 38.3 Å². The van der Waals surface area contributed by atoms with Gasteiger partial charge in [-0.15, -0.1) is 0 Å². The summed E-state index contributed by atoms with van der Waals surface area (Å²) in [7, 11) is 0. The maximum Gasteiger partial charge on any atom is 0.306 e. The quantitative estimate of drug-likeness (QED) is 0.637. The number of carboxylic acid groups (broad SMARTS) is 1. The first-order valence-corrected chi connectivity index (χ1v) is 10.2. The van der Waals surface area contributed by atoms with E-state index in [1.165, 1.54) is 4.90 Å². The fourth-order valence-corrected chi connectivity index (χ4v) is 4.30. The number of fused-ring (bicyclic) bond motifs is 1. The Labute approximate surface area is 178 Å². The monoisotopic (exact) mass is 429 g/mol. The van der Waals surface area contributed by atoms with Gasteiger partial charge in [-0.1, -0.05) is 6.07 Å². The van der Waals surface area contributed by atoms with Crippen molar-refractivity contribution in [3.63, 3.8) is 0 Å². The van der Waals surface area contributed by atoms with Gasteiger partial charge in [-0.05, 0) is 31.4 Å². The Morgan fingerprint density at radius 1 is 1.13 bits per heavy atom. The van der Waals surface area contributed by atoms with Gasteiger partial charge in [0.1, 0.15) is 11.8 Å². The molecule has 1 aromatic rings. The second kappa shape index (κ2) is 8.37. The molecule has 1 atom stereocenters. The van der Waals surface area contributed by atoms with Crippen molar-refractivity contribution in [1.82, 2.24) is 15.1 Å². The highest BCUT2D eigenvalue weighted by atomic mass is 16.5. The third-order valence-corrected chi connectivity index (χ3v) is 6.09. The molecule has 31 heavy (non-hydrogen) atoms. The fraction of sp³-hybridized carbons (Fsp3) is 0.476. The zero-order valence-electron chi connectivity index (χ0n) is 16.8. The summed E-state index contributed by atoms with van der Waals surface area (Å²) in [5, 5.41) is 11.3. The van der Waals surface area contributed by atoms with Crippen LogP contribution in [0.5, 0.6) is 5.75 Å². The lowest BCUT2D eigenvalue weighted by atomic mass is 9.97. The highest BCUT2D eigenvalue weighted by Gasteiger charge is 2.40. The van der Waals surface area contributed by atoms with Crippen LogP contribution < -0.4 is 10.1 Å². The number of piperidine rings is 2. The van der Waals surface area contributed by atoms with Gasteiger partial charge < -0.3 is 19.6 Å². The Morgan fingerprint density at radius 2 is 1.87 bits per heavy atom. The van der Waals surface area contributed by atoms with E-state index in [0.29, 0.717) is 42.8 Å². The maximum absolute atomic E-state index is 12.8. The Kier molecular flexibility index (Phi) is 5.62. The summed E-state index contributed by atoms with van der Waals surface area (Å²) in [5.74, 6) is -2.25. The van der Waals surface area contributed by atoms with E-state index in [2.05, 4.69) is 5.32 Å². The number of nitrogens with one attached hydrogen (secondary N) is 1. The predicted octanol–water partition coefficient (Wildman–Crippen LogP) is 0.150. The number of carboxylic acids is 1. The van der Waals surface area contributed by atoms with Gasteiger partial charge in [-0.3, -0.25) is 29.3 Å². The van der Waals surface area contributed by atoms with Crippen LogP contribution in [0.2, 0.25) is 0 Å². The number of hydrogen-bond acceptors (Lipinski definition) is 6. The van der Waals surface area contributed by atoms with Gasteiger partial charge in [0.05, 0.1) is 12.5 Å². The molecular weight excluding hydrogens is 406 g/mol. The Hall–Kier alpha value is -3.43. The first kappa shape index (κ1) is 20.8. The van der Waals surface area contributed by atoms with Crippen molar-refractivity contribution >= 4 is 29.6 Å². The number of hydrogen-bond donors (Lipinski definition) is 2. The van der Waals surface area contributed by atoms with Crippen LogP contribution in [0.1, 0.15) is 41.6 Å². The summed E-state index contributed by atoms with van der Waals surface area (Å²) in [5.41, 5.74) is 1.02.